The summed E-state index contributed by atoms with van der Waals surface area (Å²) in [6, 6.07) is 11.4. The third-order valence-electron chi connectivity index (χ3n) is 2.94. The van der Waals surface area contributed by atoms with Crippen LogP contribution in [0.3, 0.4) is 0 Å². The zero-order chi connectivity index (χ0) is 16.9. The van der Waals surface area contributed by atoms with Gasteiger partial charge in [-0.3, -0.25) is 0 Å². The molecule has 0 spiro atoms. The summed E-state index contributed by atoms with van der Waals surface area (Å²) in [7, 11) is -0.651. The van der Waals surface area contributed by atoms with Gasteiger partial charge in [-0.2, -0.15) is 13.5 Å². The maximum Gasteiger partial charge on any atom is 0.276 e. The van der Waals surface area contributed by atoms with Crippen molar-refractivity contribution in [2.75, 3.05) is 14.2 Å². The molecule has 0 saturated heterocycles. The fourth-order valence-corrected chi connectivity index (χ4v) is 2.81. The van der Waals surface area contributed by atoms with Gasteiger partial charge in [0.1, 0.15) is 11.5 Å². The molecule has 0 bridgehead atoms. The molecule has 1 N–H and O–H groups in total. The van der Waals surface area contributed by atoms with Crippen LogP contribution in [0.4, 0.5) is 0 Å². The Kier molecular flexibility index (Phi) is 5.62. The number of nitrogens with one attached hydrogen (secondary N) is 1. The largest absolute Gasteiger partial charge is 0.497 e. The number of benzene rings is 2. The molecule has 23 heavy (non-hydrogen) atoms. The van der Waals surface area contributed by atoms with E-state index in [1.54, 1.807) is 37.4 Å². The van der Waals surface area contributed by atoms with Gasteiger partial charge in [0, 0.05) is 16.1 Å². The van der Waals surface area contributed by atoms with E-state index in [2.05, 4.69) is 25.9 Å². The second-order valence-corrected chi connectivity index (χ2v) is 6.99. The van der Waals surface area contributed by atoms with Crippen LogP contribution in [-0.4, -0.2) is 28.9 Å². The van der Waals surface area contributed by atoms with E-state index in [-0.39, 0.29) is 4.90 Å². The molecule has 8 heteroatoms. The monoisotopic (exact) mass is 398 g/mol. The van der Waals surface area contributed by atoms with Gasteiger partial charge >= 0.3 is 0 Å². The molecule has 2 rings (SSSR count). The van der Waals surface area contributed by atoms with Gasteiger partial charge in [-0.1, -0.05) is 15.9 Å². The molecule has 0 aliphatic carbocycles. The zero-order valence-corrected chi connectivity index (χ0v) is 14.9. The molecule has 2 aromatic carbocycles. The fourth-order valence-electron chi connectivity index (χ4n) is 1.76. The van der Waals surface area contributed by atoms with Crippen molar-refractivity contribution in [2.24, 2.45) is 5.10 Å². The van der Waals surface area contributed by atoms with Crippen LogP contribution in [0.1, 0.15) is 5.56 Å². The number of sulfonamides is 1. The summed E-state index contributed by atoms with van der Waals surface area (Å²) < 4.78 is 35.3. The SMILES string of the molecule is COc1ccc(/C=N/NS(=O)(=O)c2ccc(Br)cc2)c(OC)c1. The Hall–Kier alpha value is -2.06. The molecule has 0 aliphatic rings. The number of nitrogens with zero attached hydrogens (tertiary/aromatic N) is 1. The first-order valence-corrected chi connectivity index (χ1v) is 8.76. The number of hydrogen-bond donors (Lipinski definition) is 1. The summed E-state index contributed by atoms with van der Waals surface area (Å²) in [6.45, 7) is 0. The maximum absolute atomic E-state index is 12.1. The highest BCUT2D eigenvalue weighted by atomic mass is 79.9. The van der Waals surface area contributed by atoms with Gasteiger partial charge in [0.15, 0.2) is 0 Å². The Morgan fingerprint density at radius 3 is 2.39 bits per heavy atom. The summed E-state index contributed by atoms with van der Waals surface area (Å²) in [5.41, 5.74) is 0.617. The first kappa shape index (κ1) is 17.3. The first-order valence-electron chi connectivity index (χ1n) is 6.49. The summed E-state index contributed by atoms with van der Waals surface area (Å²) in [6.07, 6.45) is 1.37. The van der Waals surface area contributed by atoms with Crippen LogP contribution in [0.15, 0.2) is 56.9 Å². The predicted octanol–water partition coefficient (Wildman–Crippen LogP) is 2.78. The smallest absolute Gasteiger partial charge is 0.276 e. The number of ether oxygens (including phenoxy) is 2. The Morgan fingerprint density at radius 2 is 1.78 bits per heavy atom. The summed E-state index contributed by atoms with van der Waals surface area (Å²) in [5.74, 6) is 1.16. The molecule has 6 nitrogen and oxygen atoms in total. The zero-order valence-electron chi connectivity index (χ0n) is 12.5. The Bertz CT molecular complexity index is 805. The predicted molar refractivity (Wildman–Crippen MR) is 91.6 cm³/mol. The first-order chi connectivity index (χ1) is 11.0. The number of hydrazone groups is 1. The quantitative estimate of drug-likeness (QED) is 0.599. The van der Waals surface area contributed by atoms with E-state index in [0.29, 0.717) is 17.1 Å². The van der Waals surface area contributed by atoms with E-state index in [4.69, 9.17) is 9.47 Å². The molecular formula is C15H15BrN2O4S. The number of hydrogen-bond acceptors (Lipinski definition) is 5. The van der Waals surface area contributed by atoms with E-state index >= 15 is 0 Å². The van der Waals surface area contributed by atoms with Crippen molar-refractivity contribution in [3.8, 4) is 11.5 Å². The van der Waals surface area contributed by atoms with Crippen LogP contribution < -0.4 is 14.3 Å². The minimum absolute atomic E-state index is 0.125. The summed E-state index contributed by atoms with van der Waals surface area (Å²) >= 11 is 3.25. The summed E-state index contributed by atoms with van der Waals surface area (Å²) in [4.78, 5) is 2.29. The van der Waals surface area contributed by atoms with Gasteiger partial charge in [-0.05, 0) is 36.4 Å². The fraction of sp³-hybridized carbons (Fsp3) is 0.133. The number of rotatable bonds is 6. The van der Waals surface area contributed by atoms with Gasteiger partial charge < -0.3 is 9.47 Å². The minimum Gasteiger partial charge on any atom is -0.497 e. The molecule has 0 radical (unpaired) electrons. The Balaban J connectivity index is 2.16. The topological polar surface area (TPSA) is 77.0 Å². The molecular weight excluding hydrogens is 384 g/mol. The standard InChI is InChI=1S/C15H15BrN2O4S/c1-21-13-6-3-11(15(9-13)22-2)10-17-18-23(19,20)14-7-4-12(16)5-8-14/h3-10,18H,1-2H3/b17-10+. The molecule has 0 aromatic heterocycles. The van der Waals surface area contributed by atoms with Gasteiger partial charge in [-0.15, -0.1) is 0 Å². The highest BCUT2D eigenvalue weighted by Gasteiger charge is 2.12. The molecule has 0 atom stereocenters. The van der Waals surface area contributed by atoms with Crippen LogP contribution in [-0.2, 0) is 10.0 Å². The molecule has 122 valence electrons. The molecule has 0 amide bonds. The number of methoxy groups -OCH3 is 2. The van der Waals surface area contributed by atoms with Crippen LogP contribution in [0.25, 0.3) is 0 Å². The average Bonchev–Trinajstić information content (AvgIpc) is 2.55. The van der Waals surface area contributed by atoms with Crippen molar-refractivity contribution in [2.45, 2.75) is 4.90 Å². The highest BCUT2D eigenvalue weighted by molar-refractivity contribution is 9.10. The second kappa shape index (κ2) is 7.47. The third kappa shape index (κ3) is 4.46. The van der Waals surface area contributed by atoms with E-state index in [1.807, 2.05) is 0 Å². The lowest BCUT2D eigenvalue weighted by molar-refractivity contribution is 0.394. The number of halogens is 1. The summed E-state index contributed by atoms with van der Waals surface area (Å²) in [5, 5.41) is 3.78. The van der Waals surface area contributed by atoms with E-state index in [0.717, 1.165) is 4.47 Å². The van der Waals surface area contributed by atoms with Crippen LogP contribution in [0.2, 0.25) is 0 Å². The molecule has 0 saturated carbocycles. The lowest BCUT2D eigenvalue weighted by Crippen LogP contribution is -2.18. The lowest BCUT2D eigenvalue weighted by atomic mass is 10.2. The van der Waals surface area contributed by atoms with Gasteiger partial charge in [0.2, 0.25) is 0 Å². The van der Waals surface area contributed by atoms with Crippen LogP contribution >= 0.6 is 15.9 Å². The van der Waals surface area contributed by atoms with Crippen LogP contribution in [0, 0.1) is 0 Å². The van der Waals surface area contributed by atoms with Gasteiger partial charge in [-0.25, -0.2) is 4.83 Å². The van der Waals surface area contributed by atoms with Crippen molar-refractivity contribution < 1.29 is 17.9 Å². The van der Waals surface area contributed by atoms with Crippen molar-refractivity contribution in [3.63, 3.8) is 0 Å². The minimum atomic E-state index is -3.71. The van der Waals surface area contributed by atoms with Gasteiger partial charge in [0.25, 0.3) is 10.0 Å². The van der Waals surface area contributed by atoms with E-state index in [9.17, 15) is 8.42 Å². The van der Waals surface area contributed by atoms with E-state index in [1.165, 1.54) is 25.5 Å². The Labute approximate surface area is 143 Å². The van der Waals surface area contributed by atoms with Crippen molar-refractivity contribution in [3.05, 3.63) is 52.5 Å². The van der Waals surface area contributed by atoms with Crippen LogP contribution in [0.5, 0.6) is 11.5 Å². The highest BCUT2D eigenvalue weighted by Crippen LogP contribution is 2.23. The third-order valence-corrected chi connectivity index (χ3v) is 4.71. The van der Waals surface area contributed by atoms with E-state index < -0.39 is 10.0 Å². The Morgan fingerprint density at radius 1 is 1.09 bits per heavy atom. The normalized spacial score (nSPS) is 11.4. The maximum atomic E-state index is 12.1. The molecule has 0 aliphatic heterocycles. The molecule has 0 heterocycles. The average molecular weight is 399 g/mol. The van der Waals surface area contributed by atoms with Gasteiger partial charge in [0.05, 0.1) is 25.3 Å². The lowest BCUT2D eigenvalue weighted by Gasteiger charge is -2.07. The van der Waals surface area contributed by atoms with Crippen molar-refractivity contribution in [1.29, 1.82) is 0 Å². The van der Waals surface area contributed by atoms with Crippen molar-refractivity contribution in [1.82, 2.24) is 4.83 Å². The molecule has 2 aromatic rings. The van der Waals surface area contributed by atoms with Crippen molar-refractivity contribution >= 4 is 32.2 Å². The molecule has 0 fully saturated rings. The molecule has 0 unspecified atom stereocenters. The second-order valence-electron chi connectivity index (χ2n) is 4.41.